The molecule has 0 spiro atoms. The van der Waals surface area contributed by atoms with Gasteiger partial charge in [-0.3, -0.25) is 0 Å². The van der Waals surface area contributed by atoms with Crippen LogP contribution in [0, 0.1) is 5.92 Å². The van der Waals surface area contributed by atoms with Gasteiger partial charge in [-0.15, -0.1) is 17.7 Å². The predicted octanol–water partition coefficient (Wildman–Crippen LogP) is 0.993. The van der Waals surface area contributed by atoms with Crippen molar-refractivity contribution in [2.75, 3.05) is 0 Å². The number of rotatable bonds is 4. The summed E-state index contributed by atoms with van der Waals surface area (Å²) in [6.07, 6.45) is 3.49. The molecular weight excluding hydrogens is 257 g/mol. The number of halogens is 1. The minimum Gasteiger partial charge on any atom is -1.00 e. The number of hydrogen-bond donors (Lipinski definition) is 0. The van der Waals surface area contributed by atoms with Crippen LogP contribution in [0.1, 0.15) is 44.7 Å². The van der Waals surface area contributed by atoms with Crippen molar-refractivity contribution < 1.29 is 31.9 Å². The summed E-state index contributed by atoms with van der Waals surface area (Å²) in [5.41, 5.74) is 2.97. The van der Waals surface area contributed by atoms with Gasteiger partial charge in [0.1, 0.15) is 0 Å². The molecule has 0 heterocycles. The van der Waals surface area contributed by atoms with Crippen LogP contribution < -0.4 is 12.4 Å². The van der Waals surface area contributed by atoms with Gasteiger partial charge in [-0.05, 0) is 0 Å². The average molecular weight is 276 g/mol. The summed E-state index contributed by atoms with van der Waals surface area (Å²) in [6, 6.07) is 8.76. The number of benzene rings is 1. The third-order valence-electron chi connectivity index (χ3n) is 2.63. The fourth-order valence-electron chi connectivity index (χ4n) is 1.80. The molecule has 0 unspecified atom stereocenters. The van der Waals surface area contributed by atoms with E-state index < -0.39 is 0 Å². The van der Waals surface area contributed by atoms with E-state index in [0.717, 1.165) is 6.42 Å². The van der Waals surface area contributed by atoms with Crippen molar-refractivity contribution >= 4 is 0 Å². The van der Waals surface area contributed by atoms with E-state index in [4.69, 9.17) is 0 Å². The summed E-state index contributed by atoms with van der Waals surface area (Å²) < 4.78 is 0. The predicted molar refractivity (Wildman–Crippen MR) is 58.7 cm³/mol. The molecule has 0 N–H and O–H groups in total. The van der Waals surface area contributed by atoms with Gasteiger partial charge in [0.15, 0.2) is 0 Å². The quantitative estimate of drug-likeness (QED) is 0.568. The average Bonchev–Trinajstić information content (AvgIpc) is 2.20. The topological polar surface area (TPSA) is 0 Å². The van der Waals surface area contributed by atoms with Crippen LogP contribution >= 0.6 is 0 Å². The van der Waals surface area contributed by atoms with E-state index in [1.165, 1.54) is 24.0 Å². The van der Waals surface area contributed by atoms with E-state index >= 15 is 0 Å². The Labute approximate surface area is 113 Å². The molecule has 2 heteroatoms. The Bertz CT molecular complexity index is 256. The number of aryl methyl sites for hydroxylation is 1. The molecule has 1 aromatic carbocycles. The van der Waals surface area contributed by atoms with Crippen LogP contribution in [0.2, 0.25) is 0 Å². The van der Waals surface area contributed by atoms with Crippen LogP contribution in [0.15, 0.2) is 24.3 Å². The van der Waals surface area contributed by atoms with E-state index in [0.29, 0.717) is 0 Å². The second-order valence-electron chi connectivity index (χ2n) is 3.32. The first kappa shape index (κ1) is 17.4. The smallest absolute Gasteiger partial charge is 1.00 e. The minimum atomic E-state index is 0. The molecule has 0 bridgehead atoms. The fourth-order valence-corrected chi connectivity index (χ4v) is 1.80. The second kappa shape index (κ2) is 9.25. The third kappa shape index (κ3) is 4.57. The van der Waals surface area contributed by atoms with Crippen LogP contribution in [0.4, 0.5) is 0 Å². The first-order valence-electron chi connectivity index (χ1n) is 5.26. The summed E-state index contributed by atoms with van der Waals surface area (Å²) >= 11 is 0. The Morgan fingerprint density at radius 2 is 1.53 bits per heavy atom. The summed E-state index contributed by atoms with van der Waals surface area (Å²) in [6.45, 7) is 6.71. The minimum absolute atomic E-state index is 0. The summed E-state index contributed by atoms with van der Waals surface area (Å²) in [7, 11) is 0. The van der Waals surface area contributed by atoms with Crippen LogP contribution in [-0.2, 0) is 25.9 Å². The van der Waals surface area contributed by atoms with Crippen LogP contribution in [0.25, 0.3) is 0 Å². The van der Waals surface area contributed by atoms with Gasteiger partial charge in [0.05, 0.1) is 0 Å². The van der Waals surface area contributed by atoms with Gasteiger partial charge in [-0.25, -0.2) is 0 Å². The SMILES string of the molecule is CCc1ccccc1[C-](CC)CC.[Cl-].[Zn+2]. The van der Waals surface area contributed by atoms with E-state index in [1.807, 2.05) is 0 Å². The first-order chi connectivity index (χ1) is 6.33. The zero-order valence-electron chi connectivity index (χ0n) is 10.0. The molecule has 0 aromatic heterocycles. The van der Waals surface area contributed by atoms with Gasteiger partial charge in [0, 0.05) is 0 Å². The van der Waals surface area contributed by atoms with Gasteiger partial charge in [-0.2, -0.15) is 17.5 Å². The summed E-state index contributed by atoms with van der Waals surface area (Å²) in [5, 5.41) is 0. The van der Waals surface area contributed by atoms with Gasteiger partial charge < -0.3 is 12.4 Å². The molecule has 1 rings (SSSR count). The summed E-state index contributed by atoms with van der Waals surface area (Å²) in [4.78, 5) is 0. The monoisotopic (exact) mass is 274 g/mol. The molecule has 0 saturated carbocycles. The molecule has 0 atom stereocenters. The largest absolute Gasteiger partial charge is 2.00 e. The van der Waals surface area contributed by atoms with Gasteiger partial charge in [0.2, 0.25) is 0 Å². The maximum absolute atomic E-state index is 2.25. The van der Waals surface area contributed by atoms with Crippen molar-refractivity contribution in [3.05, 3.63) is 41.3 Å². The Balaban J connectivity index is 0. The molecule has 15 heavy (non-hydrogen) atoms. The molecule has 0 saturated heterocycles. The van der Waals surface area contributed by atoms with Crippen LogP contribution in [0.3, 0.4) is 0 Å². The molecule has 1 aromatic rings. The first-order valence-corrected chi connectivity index (χ1v) is 5.26. The maximum atomic E-state index is 2.25. The molecule has 0 nitrogen and oxygen atoms in total. The maximum Gasteiger partial charge on any atom is 2.00 e. The standard InChI is InChI=1S/C13H19.ClH.Zn/c1-4-11(5-2)13-10-8-7-9-12(13)6-3;;/h7-10H,4-6H2,1-3H3;1H;/q-1;;+2/p-1. The zero-order chi connectivity index (χ0) is 9.68. The van der Waals surface area contributed by atoms with Crippen LogP contribution in [0.5, 0.6) is 0 Å². The Morgan fingerprint density at radius 3 is 2.00 bits per heavy atom. The molecule has 0 radical (unpaired) electrons. The number of hydrogen-bond acceptors (Lipinski definition) is 0. The second-order valence-corrected chi connectivity index (χ2v) is 3.32. The van der Waals surface area contributed by atoms with Crippen molar-refractivity contribution in [1.29, 1.82) is 0 Å². The molecule has 0 amide bonds. The normalized spacial score (nSPS) is 8.73. The van der Waals surface area contributed by atoms with Gasteiger partial charge >= 0.3 is 19.5 Å². The van der Waals surface area contributed by atoms with Crippen molar-refractivity contribution in [1.82, 2.24) is 0 Å². The van der Waals surface area contributed by atoms with Crippen molar-refractivity contribution in [3.8, 4) is 0 Å². The van der Waals surface area contributed by atoms with Crippen molar-refractivity contribution in [2.24, 2.45) is 0 Å². The van der Waals surface area contributed by atoms with Crippen molar-refractivity contribution in [2.45, 2.75) is 40.0 Å². The fraction of sp³-hybridized carbons (Fsp3) is 0.462. The molecule has 80 valence electrons. The van der Waals surface area contributed by atoms with E-state index in [9.17, 15) is 0 Å². The Kier molecular flexibility index (Phi) is 10.7. The third-order valence-corrected chi connectivity index (χ3v) is 2.63. The van der Waals surface area contributed by atoms with E-state index in [-0.39, 0.29) is 31.9 Å². The molecule has 0 fully saturated rings. The zero-order valence-corrected chi connectivity index (χ0v) is 13.7. The van der Waals surface area contributed by atoms with Crippen molar-refractivity contribution in [3.63, 3.8) is 0 Å². The summed E-state index contributed by atoms with van der Waals surface area (Å²) in [5.74, 6) is 1.58. The van der Waals surface area contributed by atoms with Gasteiger partial charge in [-0.1, -0.05) is 46.1 Å². The Morgan fingerprint density at radius 1 is 1.00 bits per heavy atom. The van der Waals surface area contributed by atoms with Gasteiger partial charge in [0.25, 0.3) is 0 Å². The molecule has 0 aliphatic heterocycles. The Hall–Kier alpha value is 0.00338. The molecular formula is C13H19ClZn. The van der Waals surface area contributed by atoms with E-state index in [1.54, 1.807) is 5.92 Å². The van der Waals surface area contributed by atoms with E-state index in [2.05, 4.69) is 45.0 Å². The molecule has 0 aliphatic carbocycles. The van der Waals surface area contributed by atoms with Crippen LogP contribution in [-0.4, -0.2) is 0 Å². The molecule has 0 aliphatic rings.